The molecule has 20 heavy (non-hydrogen) atoms. The van der Waals surface area contributed by atoms with Gasteiger partial charge in [0.25, 0.3) is 5.91 Å². The van der Waals surface area contributed by atoms with Crippen LogP contribution in [-0.2, 0) is 0 Å². The van der Waals surface area contributed by atoms with Crippen LogP contribution in [0.3, 0.4) is 0 Å². The first-order valence-corrected chi connectivity index (χ1v) is 6.58. The highest BCUT2D eigenvalue weighted by molar-refractivity contribution is 9.10. The lowest BCUT2D eigenvalue weighted by atomic mass is 10.1. The van der Waals surface area contributed by atoms with Gasteiger partial charge in [-0.1, -0.05) is 0 Å². The first kappa shape index (κ1) is 14.3. The molecule has 0 fully saturated rings. The van der Waals surface area contributed by atoms with E-state index in [2.05, 4.69) is 26.2 Å². The molecule has 6 heteroatoms. The van der Waals surface area contributed by atoms with Crippen LogP contribution in [0.25, 0.3) is 0 Å². The van der Waals surface area contributed by atoms with Crippen molar-refractivity contribution < 1.29 is 14.3 Å². The van der Waals surface area contributed by atoms with Crippen LogP contribution in [0, 0.1) is 0 Å². The van der Waals surface area contributed by atoms with Crippen LogP contribution in [0.15, 0.2) is 41.1 Å². The number of rotatable bonds is 4. The van der Waals surface area contributed by atoms with Gasteiger partial charge in [-0.05, 0) is 34.1 Å². The van der Waals surface area contributed by atoms with Gasteiger partial charge in [-0.2, -0.15) is 0 Å². The summed E-state index contributed by atoms with van der Waals surface area (Å²) in [6, 6.07) is 6.73. The number of aromatic nitrogens is 1. The number of pyridine rings is 1. The minimum atomic E-state index is -0.267. The Bertz CT molecular complexity index is 632. The molecule has 2 aromatic rings. The van der Waals surface area contributed by atoms with Crippen molar-refractivity contribution in [2.24, 2.45) is 0 Å². The Hall–Kier alpha value is -2.08. The fraction of sp³-hybridized carbons (Fsp3) is 0.143. The third kappa shape index (κ3) is 3.08. The standard InChI is InChI=1S/C14H13BrN2O3/c1-19-9-3-4-10(13(7-9)20-2)14(18)17-12-5-6-16-8-11(12)15/h3-8H,1-2H3,(H,16,17,18). The average Bonchev–Trinajstić information content (AvgIpc) is 2.48. The molecular formula is C14H13BrN2O3. The Morgan fingerprint density at radius 1 is 1.25 bits per heavy atom. The molecule has 1 aromatic heterocycles. The average molecular weight is 337 g/mol. The molecule has 0 saturated carbocycles. The molecule has 1 amide bonds. The van der Waals surface area contributed by atoms with Crippen molar-refractivity contribution in [3.8, 4) is 11.5 Å². The number of carbonyl (C=O) groups excluding carboxylic acids is 1. The number of ether oxygens (including phenoxy) is 2. The van der Waals surface area contributed by atoms with E-state index in [-0.39, 0.29) is 5.91 Å². The molecule has 1 heterocycles. The van der Waals surface area contributed by atoms with E-state index in [0.717, 1.165) is 0 Å². The molecule has 0 saturated heterocycles. The van der Waals surface area contributed by atoms with Crippen molar-refractivity contribution in [1.82, 2.24) is 4.98 Å². The van der Waals surface area contributed by atoms with E-state index in [1.807, 2.05) is 0 Å². The van der Waals surface area contributed by atoms with Crippen molar-refractivity contribution in [2.75, 3.05) is 19.5 Å². The molecule has 1 aromatic carbocycles. The van der Waals surface area contributed by atoms with Gasteiger partial charge in [-0.3, -0.25) is 9.78 Å². The molecular weight excluding hydrogens is 324 g/mol. The summed E-state index contributed by atoms with van der Waals surface area (Å²) in [5.41, 5.74) is 1.07. The molecule has 0 radical (unpaired) electrons. The number of benzene rings is 1. The fourth-order valence-corrected chi connectivity index (χ4v) is 2.00. The Morgan fingerprint density at radius 2 is 2.05 bits per heavy atom. The van der Waals surface area contributed by atoms with Crippen molar-refractivity contribution in [3.05, 3.63) is 46.7 Å². The Balaban J connectivity index is 2.27. The summed E-state index contributed by atoms with van der Waals surface area (Å²) in [4.78, 5) is 16.2. The molecule has 1 N–H and O–H groups in total. The Kier molecular flexibility index (Phi) is 4.57. The van der Waals surface area contributed by atoms with Gasteiger partial charge >= 0.3 is 0 Å². The lowest BCUT2D eigenvalue weighted by Gasteiger charge is -2.11. The Morgan fingerprint density at radius 3 is 2.70 bits per heavy atom. The maximum Gasteiger partial charge on any atom is 0.259 e. The zero-order chi connectivity index (χ0) is 14.5. The predicted octanol–water partition coefficient (Wildman–Crippen LogP) is 3.11. The highest BCUT2D eigenvalue weighted by Crippen LogP contribution is 2.26. The summed E-state index contributed by atoms with van der Waals surface area (Å²) in [6.07, 6.45) is 3.21. The highest BCUT2D eigenvalue weighted by Gasteiger charge is 2.14. The molecule has 0 aliphatic heterocycles. The molecule has 0 unspecified atom stereocenters. The van der Waals surface area contributed by atoms with Crippen molar-refractivity contribution >= 4 is 27.5 Å². The van der Waals surface area contributed by atoms with Crippen LogP contribution >= 0.6 is 15.9 Å². The SMILES string of the molecule is COc1ccc(C(=O)Nc2ccncc2Br)c(OC)c1. The van der Waals surface area contributed by atoms with Crippen molar-refractivity contribution in [1.29, 1.82) is 0 Å². The summed E-state index contributed by atoms with van der Waals surface area (Å²) >= 11 is 3.33. The summed E-state index contributed by atoms with van der Waals surface area (Å²) < 4.78 is 11.0. The molecule has 0 aliphatic carbocycles. The van der Waals surface area contributed by atoms with E-state index in [4.69, 9.17) is 9.47 Å². The normalized spacial score (nSPS) is 9.95. The second-order valence-electron chi connectivity index (χ2n) is 3.88. The van der Waals surface area contributed by atoms with Crippen LogP contribution < -0.4 is 14.8 Å². The van der Waals surface area contributed by atoms with Gasteiger partial charge in [0, 0.05) is 18.5 Å². The quantitative estimate of drug-likeness (QED) is 0.931. The van der Waals surface area contributed by atoms with Gasteiger partial charge in [-0.15, -0.1) is 0 Å². The number of nitrogens with one attached hydrogen (secondary N) is 1. The number of methoxy groups -OCH3 is 2. The van der Waals surface area contributed by atoms with Crippen molar-refractivity contribution in [2.45, 2.75) is 0 Å². The van der Waals surface area contributed by atoms with E-state index in [9.17, 15) is 4.79 Å². The van der Waals surface area contributed by atoms with Crippen molar-refractivity contribution in [3.63, 3.8) is 0 Å². The fourth-order valence-electron chi connectivity index (χ4n) is 1.65. The minimum Gasteiger partial charge on any atom is -0.497 e. The predicted molar refractivity (Wildman–Crippen MR) is 79.4 cm³/mol. The first-order chi connectivity index (χ1) is 9.65. The maximum absolute atomic E-state index is 12.3. The molecule has 0 aliphatic rings. The second kappa shape index (κ2) is 6.38. The van der Waals surface area contributed by atoms with Crippen LogP contribution in [-0.4, -0.2) is 25.1 Å². The van der Waals surface area contributed by atoms with Gasteiger partial charge in [0.1, 0.15) is 11.5 Å². The first-order valence-electron chi connectivity index (χ1n) is 5.78. The molecule has 104 valence electrons. The third-order valence-corrected chi connectivity index (χ3v) is 3.31. The highest BCUT2D eigenvalue weighted by atomic mass is 79.9. The molecule has 0 spiro atoms. The van der Waals surface area contributed by atoms with E-state index in [1.165, 1.54) is 7.11 Å². The molecule has 0 bridgehead atoms. The van der Waals surface area contributed by atoms with Gasteiger partial charge in [0.15, 0.2) is 0 Å². The largest absolute Gasteiger partial charge is 0.497 e. The number of anilines is 1. The van der Waals surface area contributed by atoms with Crippen LogP contribution in [0.1, 0.15) is 10.4 Å². The summed E-state index contributed by atoms with van der Waals surface area (Å²) in [5.74, 6) is 0.812. The lowest BCUT2D eigenvalue weighted by Crippen LogP contribution is -2.13. The van der Waals surface area contributed by atoms with Crippen LogP contribution in [0.4, 0.5) is 5.69 Å². The number of halogens is 1. The summed E-state index contributed by atoms with van der Waals surface area (Å²) in [5, 5.41) is 2.79. The molecule has 2 rings (SSSR count). The van der Waals surface area contributed by atoms with Gasteiger partial charge < -0.3 is 14.8 Å². The summed E-state index contributed by atoms with van der Waals surface area (Å²) in [7, 11) is 3.07. The lowest BCUT2D eigenvalue weighted by molar-refractivity contribution is 0.102. The number of nitrogens with zero attached hydrogens (tertiary/aromatic N) is 1. The van der Waals surface area contributed by atoms with E-state index in [1.54, 1.807) is 43.8 Å². The zero-order valence-electron chi connectivity index (χ0n) is 11.0. The van der Waals surface area contributed by atoms with E-state index < -0.39 is 0 Å². The topological polar surface area (TPSA) is 60.5 Å². The third-order valence-electron chi connectivity index (χ3n) is 2.67. The smallest absolute Gasteiger partial charge is 0.259 e. The minimum absolute atomic E-state index is 0.267. The van der Waals surface area contributed by atoms with Crippen LogP contribution in [0.2, 0.25) is 0 Å². The number of hydrogen-bond acceptors (Lipinski definition) is 4. The summed E-state index contributed by atoms with van der Waals surface area (Å²) in [6.45, 7) is 0. The second-order valence-corrected chi connectivity index (χ2v) is 4.73. The van der Waals surface area contributed by atoms with E-state index in [0.29, 0.717) is 27.2 Å². The monoisotopic (exact) mass is 336 g/mol. The van der Waals surface area contributed by atoms with Gasteiger partial charge in [-0.25, -0.2) is 0 Å². The number of amides is 1. The number of hydrogen-bond donors (Lipinski definition) is 1. The number of carbonyl (C=O) groups is 1. The Labute approximate surface area is 125 Å². The van der Waals surface area contributed by atoms with Gasteiger partial charge in [0.05, 0.1) is 29.9 Å². The molecule has 5 nitrogen and oxygen atoms in total. The van der Waals surface area contributed by atoms with Crippen LogP contribution in [0.5, 0.6) is 11.5 Å². The van der Waals surface area contributed by atoms with E-state index >= 15 is 0 Å². The maximum atomic E-state index is 12.3. The van der Waals surface area contributed by atoms with Gasteiger partial charge in [0.2, 0.25) is 0 Å². The molecule has 0 atom stereocenters. The zero-order valence-corrected chi connectivity index (χ0v) is 12.6.